The average molecular weight is 342 g/mol. The van der Waals surface area contributed by atoms with Gasteiger partial charge in [0.1, 0.15) is 0 Å². The monoisotopic (exact) mass is 342 g/mol. The third-order valence-corrected chi connectivity index (χ3v) is 4.20. The number of fused-ring (bicyclic) bond motifs is 1. The summed E-state index contributed by atoms with van der Waals surface area (Å²) in [7, 11) is 0. The molecule has 0 aliphatic heterocycles. The van der Waals surface area contributed by atoms with E-state index in [1.165, 1.54) is 0 Å². The second kappa shape index (κ2) is 7.19. The van der Waals surface area contributed by atoms with E-state index in [-0.39, 0.29) is 5.91 Å². The lowest BCUT2D eigenvalue weighted by Gasteiger charge is -2.07. The van der Waals surface area contributed by atoms with E-state index in [1.54, 1.807) is 12.4 Å². The molecule has 0 saturated carbocycles. The van der Waals surface area contributed by atoms with E-state index < -0.39 is 0 Å². The minimum Gasteiger partial charge on any atom is -0.324 e. The van der Waals surface area contributed by atoms with Crippen LogP contribution < -0.4 is 5.32 Å². The molecule has 2 aromatic carbocycles. The van der Waals surface area contributed by atoms with Gasteiger partial charge in [-0.3, -0.25) is 9.78 Å². The van der Waals surface area contributed by atoms with Crippen LogP contribution >= 0.6 is 0 Å². The molecule has 4 aromatic rings. The zero-order valence-corrected chi connectivity index (χ0v) is 14.2. The molecule has 0 bridgehead atoms. The Hall–Kier alpha value is -3.47. The minimum atomic E-state index is -0.0318. The van der Waals surface area contributed by atoms with E-state index >= 15 is 0 Å². The van der Waals surface area contributed by atoms with E-state index in [9.17, 15) is 4.79 Å². The molecule has 5 heteroatoms. The van der Waals surface area contributed by atoms with Gasteiger partial charge in [-0.15, -0.1) is 0 Å². The Morgan fingerprint density at radius 1 is 1.00 bits per heavy atom. The summed E-state index contributed by atoms with van der Waals surface area (Å²) in [5, 5.41) is 8.34. The van der Waals surface area contributed by atoms with Crippen LogP contribution in [0, 0.1) is 0 Å². The number of aryl methyl sites for hydroxylation is 1. The minimum absolute atomic E-state index is 0.0318. The number of carbonyl (C=O) groups excluding carboxylic acids is 1. The van der Waals surface area contributed by atoms with Crippen molar-refractivity contribution in [2.24, 2.45) is 0 Å². The normalized spacial score (nSPS) is 10.8. The summed E-state index contributed by atoms with van der Waals surface area (Å²) >= 11 is 0. The quantitative estimate of drug-likeness (QED) is 0.596. The molecule has 5 nitrogen and oxygen atoms in total. The summed E-state index contributed by atoms with van der Waals surface area (Å²) in [5.41, 5.74) is 3.58. The second-order valence-corrected chi connectivity index (χ2v) is 6.06. The number of para-hydroxylation sites is 2. The van der Waals surface area contributed by atoms with E-state index in [4.69, 9.17) is 0 Å². The van der Waals surface area contributed by atoms with E-state index in [2.05, 4.69) is 15.4 Å². The molecule has 0 unspecified atom stereocenters. The molecule has 1 N–H and O–H groups in total. The van der Waals surface area contributed by atoms with Gasteiger partial charge in [0.15, 0.2) is 0 Å². The predicted octanol–water partition coefficient (Wildman–Crippen LogP) is 3.99. The van der Waals surface area contributed by atoms with Gasteiger partial charge < -0.3 is 5.32 Å². The third kappa shape index (κ3) is 3.47. The first kappa shape index (κ1) is 16.0. The van der Waals surface area contributed by atoms with Crippen LogP contribution in [0.25, 0.3) is 16.6 Å². The summed E-state index contributed by atoms with van der Waals surface area (Å²) in [6.45, 7) is 0. The molecule has 0 saturated heterocycles. The van der Waals surface area contributed by atoms with E-state index in [1.807, 2.05) is 71.5 Å². The number of anilines is 1. The van der Waals surface area contributed by atoms with Crippen molar-refractivity contribution >= 4 is 22.5 Å². The van der Waals surface area contributed by atoms with Crippen LogP contribution in [0.1, 0.15) is 12.0 Å². The van der Waals surface area contributed by atoms with Gasteiger partial charge in [0.25, 0.3) is 0 Å². The summed E-state index contributed by atoms with van der Waals surface area (Å²) in [4.78, 5) is 16.7. The zero-order chi connectivity index (χ0) is 17.8. The summed E-state index contributed by atoms with van der Waals surface area (Å²) in [5.74, 6) is -0.0318. The standard InChI is InChI=1S/C21H18N4O/c26-20(24-19-10-4-6-17-7-5-13-22-21(17)19)12-11-16-14-23-25(15-16)18-8-2-1-3-9-18/h1-10,13-15H,11-12H2,(H,24,26). The molecular weight excluding hydrogens is 324 g/mol. The van der Waals surface area contributed by atoms with Crippen LogP contribution in [-0.2, 0) is 11.2 Å². The van der Waals surface area contributed by atoms with Gasteiger partial charge in [0.05, 0.1) is 23.1 Å². The maximum absolute atomic E-state index is 12.3. The highest BCUT2D eigenvalue weighted by Crippen LogP contribution is 2.21. The second-order valence-electron chi connectivity index (χ2n) is 6.06. The number of hydrogen-bond acceptors (Lipinski definition) is 3. The fourth-order valence-corrected chi connectivity index (χ4v) is 2.89. The molecule has 4 rings (SSSR count). The number of amides is 1. The Balaban J connectivity index is 1.41. The predicted molar refractivity (Wildman–Crippen MR) is 102 cm³/mol. The molecule has 26 heavy (non-hydrogen) atoms. The first-order chi connectivity index (χ1) is 12.8. The summed E-state index contributed by atoms with van der Waals surface area (Å²) in [6.07, 6.45) is 6.53. The maximum Gasteiger partial charge on any atom is 0.224 e. The highest BCUT2D eigenvalue weighted by Gasteiger charge is 2.08. The first-order valence-corrected chi connectivity index (χ1v) is 8.52. The molecule has 0 fully saturated rings. The van der Waals surface area contributed by atoms with Gasteiger partial charge in [0.2, 0.25) is 5.91 Å². The molecule has 1 amide bonds. The lowest BCUT2D eigenvalue weighted by molar-refractivity contribution is -0.116. The number of pyridine rings is 1. The van der Waals surface area contributed by atoms with Crippen molar-refractivity contribution in [3.8, 4) is 5.69 Å². The van der Waals surface area contributed by atoms with Gasteiger partial charge in [-0.1, -0.05) is 36.4 Å². The van der Waals surface area contributed by atoms with Gasteiger partial charge in [0, 0.05) is 24.2 Å². The topological polar surface area (TPSA) is 59.8 Å². The van der Waals surface area contributed by atoms with Crippen molar-refractivity contribution in [1.82, 2.24) is 14.8 Å². The van der Waals surface area contributed by atoms with Crippen molar-refractivity contribution in [2.45, 2.75) is 12.8 Å². The molecule has 128 valence electrons. The largest absolute Gasteiger partial charge is 0.324 e. The number of benzene rings is 2. The van der Waals surface area contributed by atoms with Crippen molar-refractivity contribution in [1.29, 1.82) is 0 Å². The number of hydrogen-bond donors (Lipinski definition) is 1. The number of carbonyl (C=O) groups is 1. The highest BCUT2D eigenvalue weighted by atomic mass is 16.1. The van der Waals surface area contributed by atoms with Gasteiger partial charge >= 0.3 is 0 Å². The highest BCUT2D eigenvalue weighted by molar-refractivity contribution is 6.00. The Kier molecular flexibility index (Phi) is 4.43. The van der Waals surface area contributed by atoms with Crippen LogP contribution in [0.3, 0.4) is 0 Å². The van der Waals surface area contributed by atoms with Crippen molar-refractivity contribution in [3.63, 3.8) is 0 Å². The number of nitrogens with zero attached hydrogens (tertiary/aromatic N) is 3. The Morgan fingerprint density at radius 2 is 1.85 bits per heavy atom. The van der Waals surface area contributed by atoms with Gasteiger partial charge in [-0.2, -0.15) is 5.10 Å². The zero-order valence-electron chi connectivity index (χ0n) is 14.2. The molecule has 0 aliphatic carbocycles. The molecule has 2 heterocycles. The summed E-state index contributed by atoms with van der Waals surface area (Å²) < 4.78 is 1.82. The average Bonchev–Trinajstić information content (AvgIpc) is 3.17. The fourth-order valence-electron chi connectivity index (χ4n) is 2.89. The lowest BCUT2D eigenvalue weighted by atomic mass is 10.1. The molecule has 0 spiro atoms. The summed E-state index contributed by atoms with van der Waals surface area (Å²) in [6, 6.07) is 19.6. The van der Waals surface area contributed by atoms with Crippen LogP contribution in [-0.4, -0.2) is 20.7 Å². The Labute approximate surface area is 151 Å². The third-order valence-electron chi connectivity index (χ3n) is 4.20. The van der Waals surface area contributed by atoms with E-state index in [0.29, 0.717) is 12.8 Å². The smallest absolute Gasteiger partial charge is 0.224 e. The van der Waals surface area contributed by atoms with Crippen LogP contribution in [0.4, 0.5) is 5.69 Å². The maximum atomic E-state index is 12.3. The van der Waals surface area contributed by atoms with Gasteiger partial charge in [-0.25, -0.2) is 4.68 Å². The van der Waals surface area contributed by atoms with Crippen molar-refractivity contribution in [2.75, 3.05) is 5.32 Å². The van der Waals surface area contributed by atoms with Crippen LogP contribution in [0.15, 0.2) is 79.3 Å². The molecular formula is C21H18N4O. The first-order valence-electron chi connectivity index (χ1n) is 8.52. The van der Waals surface area contributed by atoms with Crippen LogP contribution in [0.5, 0.6) is 0 Å². The molecule has 0 aliphatic rings. The molecule has 0 radical (unpaired) electrons. The van der Waals surface area contributed by atoms with Crippen molar-refractivity contribution < 1.29 is 4.79 Å². The van der Waals surface area contributed by atoms with Crippen LogP contribution in [0.2, 0.25) is 0 Å². The number of rotatable bonds is 5. The number of aromatic nitrogens is 3. The van der Waals surface area contributed by atoms with Crippen molar-refractivity contribution in [3.05, 3.63) is 84.8 Å². The molecule has 0 atom stereocenters. The number of nitrogens with one attached hydrogen (secondary N) is 1. The lowest BCUT2D eigenvalue weighted by Crippen LogP contribution is -2.12. The fraction of sp³-hybridized carbons (Fsp3) is 0.0952. The Morgan fingerprint density at radius 3 is 2.73 bits per heavy atom. The molecule has 2 aromatic heterocycles. The van der Waals surface area contributed by atoms with E-state index in [0.717, 1.165) is 27.8 Å². The Bertz CT molecular complexity index is 1030. The van der Waals surface area contributed by atoms with Gasteiger partial charge in [-0.05, 0) is 36.2 Å². The SMILES string of the molecule is O=C(CCc1cnn(-c2ccccc2)c1)Nc1cccc2cccnc12.